The molecule has 8 nitrogen and oxygen atoms in total. The van der Waals surface area contributed by atoms with E-state index in [0.29, 0.717) is 28.7 Å². The van der Waals surface area contributed by atoms with E-state index < -0.39 is 57.1 Å². The summed E-state index contributed by atoms with van der Waals surface area (Å²) in [6.45, 7) is 7.15. The van der Waals surface area contributed by atoms with E-state index in [1.807, 2.05) is 6.07 Å². The van der Waals surface area contributed by atoms with Crippen LogP contribution in [0.3, 0.4) is 0 Å². The molecule has 1 aliphatic heterocycles. The minimum Gasteiger partial charge on any atom is -0.339 e. The van der Waals surface area contributed by atoms with Gasteiger partial charge in [0.25, 0.3) is 11.8 Å². The molecule has 5 rings (SSSR count). The van der Waals surface area contributed by atoms with Gasteiger partial charge in [-0.15, -0.1) is 0 Å². The minimum atomic E-state index is -4.69. The number of benzene rings is 3. The minimum absolute atomic E-state index is 0.140. The van der Waals surface area contributed by atoms with Gasteiger partial charge in [0.1, 0.15) is 34.4 Å². The molecule has 1 aromatic heterocycles. The maximum Gasteiger partial charge on any atom is 0.416 e. The number of nitrogens with zero attached hydrogens (tertiary/aromatic N) is 4. The Bertz CT molecular complexity index is 1820. The number of fused-ring (bicyclic) bond motifs is 1. The molecule has 2 amide bonds. The number of hydrogen-bond donors (Lipinski definition) is 1. The zero-order chi connectivity index (χ0) is 33.4. The van der Waals surface area contributed by atoms with Crippen molar-refractivity contribution >= 4 is 34.8 Å². The number of aromatic nitrogens is 2. The van der Waals surface area contributed by atoms with Crippen molar-refractivity contribution in [2.24, 2.45) is 4.40 Å². The van der Waals surface area contributed by atoms with Crippen molar-refractivity contribution in [1.82, 2.24) is 15.1 Å². The van der Waals surface area contributed by atoms with Crippen LogP contribution >= 0.6 is 0 Å². The average molecular weight is 654 g/mol. The van der Waals surface area contributed by atoms with Gasteiger partial charge in [-0.2, -0.15) is 22.7 Å². The standard InChI is InChI=1S/C33H31F4N5O3S/c1-5-41-30-27(25(19-38-46(45)32(2,3)4)40-42(30)24-12-7-6-8-13-24)26(20-14-16-23(34)17-15-20)28(31(41)44)39-29(43)21-10-9-11-22(18-21)33(35,36)37/h6-19,26,28H,5H2,1-4H3,(H,39,43)/b38-19+/t26-,28-,46?/m0/s1. The van der Waals surface area contributed by atoms with Gasteiger partial charge in [0.15, 0.2) is 0 Å². The number of rotatable bonds is 7. The van der Waals surface area contributed by atoms with Crippen molar-refractivity contribution in [3.05, 3.63) is 113 Å². The highest BCUT2D eigenvalue weighted by molar-refractivity contribution is 7.85. The van der Waals surface area contributed by atoms with Gasteiger partial charge in [-0.25, -0.2) is 13.3 Å². The fraction of sp³-hybridized carbons (Fsp3) is 0.273. The summed E-state index contributed by atoms with van der Waals surface area (Å²) in [6, 6.07) is 16.9. The number of nitrogens with one attached hydrogen (secondary N) is 1. The average Bonchev–Trinajstić information content (AvgIpc) is 3.39. The zero-order valence-electron chi connectivity index (χ0n) is 25.4. The van der Waals surface area contributed by atoms with E-state index >= 15 is 0 Å². The van der Waals surface area contributed by atoms with E-state index in [9.17, 15) is 31.4 Å². The third-order valence-corrected chi connectivity index (χ3v) is 8.78. The van der Waals surface area contributed by atoms with Gasteiger partial charge >= 0.3 is 6.18 Å². The molecule has 0 spiro atoms. The molecule has 0 bridgehead atoms. The fourth-order valence-electron chi connectivity index (χ4n) is 5.22. The van der Waals surface area contributed by atoms with Crippen LogP contribution in [-0.2, 0) is 22.0 Å². The Morgan fingerprint density at radius 3 is 2.30 bits per heavy atom. The maximum atomic E-state index is 14.3. The topological polar surface area (TPSA) is 96.7 Å². The van der Waals surface area contributed by atoms with Crippen LogP contribution in [0.1, 0.15) is 66.4 Å². The Hall–Kier alpha value is -4.65. The summed E-state index contributed by atoms with van der Waals surface area (Å²) in [7, 11) is -1.67. The Kier molecular flexibility index (Phi) is 8.98. The second-order valence-electron chi connectivity index (χ2n) is 11.6. The van der Waals surface area contributed by atoms with Gasteiger partial charge in [0.05, 0.1) is 22.2 Å². The Balaban J connectivity index is 1.73. The van der Waals surface area contributed by atoms with Crippen LogP contribution in [0.15, 0.2) is 83.3 Å². The number of carbonyl (C=O) groups excluding carboxylic acids is 2. The number of halogens is 4. The lowest BCUT2D eigenvalue weighted by molar-refractivity contribution is -0.137. The second kappa shape index (κ2) is 12.6. The molecule has 2 heterocycles. The molecule has 0 saturated carbocycles. The van der Waals surface area contributed by atoms with E-state index in [0.717, 1.165) is 12.1 Å². The van der Waals surface area contributed by atoms with Crippen molar-refractivity contribution in [3.8, 4) is 5.69 Å². The lowest BCUT2D eigenvalue weighted by atomic mass is 9.81. The number of likely N-dealkylation sites (N-methyl/N-ethyl adjacent to an activating group) is 1. The van der Waals surface area contributed by atoms with Crippen molar-refractivity contribution in [1.29, 1.82) is 0 Å². The number of amides is 2. The molecule has 240 valence electrons. The molecule has 0 radical (unpaired) electrons. The second-order valence-corrected chi connectivity index (χ2v) is 13.5. The van der Waals surface area contributed by atoms with Crippen molar-refractivity contribution < 1.29 is 31.4 Å². The monoisotopic (exact) mass is 653 g/mol. The normalized spacial score (nSPS) is 17.7. The van der Waals surface area contributed by atoms with Gasteiger partial charge in [-0.05, 0) is 75.7 Å². The highest BCUT2D eigenvalue weighted by atomic mass is 32.2. The Labute approximate surface area is 265 Å². The summed E-state index contributed by atoms with van der Waals surface area (Å²) < 4.78 is 72.6. The van der Waals surface area contributed by atoms with Crippen LogP contribution in [-0.4, -0.2) is 49.4 Å². The zero-order valence-corrected chi connectivity index (χ0v) is 26.2. The molecule has 1 aliphatic rings. The van der Waals surface area contributed by atoms with Crippen LogP contribution in [0.4, 0.5) is 23.4 Å². The highest BCUT2D eigenvalue weighted by Crippen LogP contribution is 2.43. The first-order valence-corrected chi connectivity index (χ1v) is 15.5. The summed E-state index contributed by atoms with van der Waals surface area (Å²) in [5.74, 6) is -2.62. The first-order chi connectivity index (χ1) is 21.7. The molecule has 0 aliphatic carbocycles. The summed E-state index contributed by atoms with van der Waals surface area (Å²) >= 11 is 0. The van der Waals surface area contributed by atoms with Crippen LogP contribution in [0, 0.1) is 5.82 Å². The molecule has 4 aromatic rings. The Morgan fingerprint density at radius 2 is 1.70 bits per heavy atom. The van der Waals surface area contributed by atoms with Gasteiger partial charge in [-0.1, -0.05) is 36.4 Å². The van der Waals surface area contributed by atoms with E-state index in [-0.39, 0.29) is 17.8 Å². The van der Waals surface area contributed by atoms with Crippen LogP contribution in [0.2, 0.25) is 0 Å². The smallest absolute Gasteiger partial charge is 0.339 e. The fourth-order valence-corrected chi connectivity index (χ4v) is 5.73. The predicted molar refractivity (Wildman–Crippen MR) is 168 cm³/mol. The van der Waals surface area contributed by atoms with Gasteiger partial charge < -0.3 is 5.32 Å². The third-order valence-electron chi connectivity index (χ3n) is 7.44. The molecule has 0 saturated heterocycles. The van der Waals surface area contributed by atoms with Crippen molar-refractivity contribution in [2.75, 3.05) is 11.4 Å². The van der Waals surface area contributed by atoms with Crippen molar-refractivity contribution in [2.45, 2.75) is 50.6 Å². The summed E-state index contributed by atoms with van der Waals surface area (Å²) in [5.41, 5.74) is 0.399. The van der Waals surface area contributed by atoms with Gasteiger partial charge in [0, 0.05) is 23.6 Å². The molecule has 1 unspecified atom stereocenters. The highest BCUT2D eigenvalue weighted by Gasteiger charge is 2.46. The number of carbonyl (C=O) groups is 2. The molecular formula is C33H31F4N5O3S. The molecule has 3 aromatic carbocycles. The van der Waals surface area contributed by atoms with Gasteiger partial charge in [-0.3, -0.25) is 14.5 Å². The molecule has 1 N–H and O–H groups in total. The van der Waals surface area contributed by atoms with Crippen LogP contribution < -0.4 is 10.2 Å². The molecule has 0 fully saturated rings. The number of anilines is 1. The first-order valence-electron chi connectivity index (χ1n) is 14.4. The largest absolute Gasteiger partial charge is 0.416 e. The summed E-state index contributed by atoms with van der Waals surface area (Å²) in [5, 5.41) is 7.44. The molecule has 13 heteroatoms. The predicted octanol–water partition coefficient (Wildman–Crippen LogP) is 6.21. The third kappa shape index (κ3) is 6.50. The molecule has 46 heavy (non-hydrogen) atoms. The summed E-state index contributed by atoms with van der Waals surface area (Å²) in [4.78, 5) is 29.2. The first kappa shape index (κ1) is 32.7. The number of para-hydroxylation sites is 1. The van der Waals surface area contributed by atoms with E-state index in [4.69, 9.17) is 5.10 Å². The lowest BCUT2D eigenvalue weighted by Gasteiger charge is -2.38. The Morgan fingerprint density at radius 1 is 1.02 bits per heavy atom. The van der Waals surface area contributed by atoms with E-state index in [2.05, 4.69) is 9.71 Å². The number of alkyl halides is 3. The maximum absolute atomic E-state index is 14.3. The van der Waals surface area contributed by atoms with Crippen molar-refractivity contribution in [3.63, 3.8) is 0 Å². The molecule has 3 atom stereocenters. The quantitative estimate of drug-likeness (QED) is 0.190. The van der Waals surface area contributed by atoms with Crippen LogP contribution in [0.5, 0.6) is 0 Å². The number of hydrogen-bond acceptors (Lipinski definition) is 4. The van der Waals surface area contributed by atoms with Crippen LogP contribution in [0.25, 0.3) is 5.69 Å². The lowest BCUT2D eigenvalue weighted by Crippen LogP contribution is -2.55. The SMILES string of the molecule is CCN1C(=O)[C@@H](NC(=O)c2cccc(C(F)(F)F)c2)[C@@H](c2ccc(F)cc2)c2c(/C=N/S(=O)C(C)(C)C)nn(-c3ccccc3)c21. The van der Waals surface area contributed by atoms with Gasteiger partial charge in [0.2, 0.25) is 0 Å². The van der Waals surface area contributed by atoms with E-state index in [1.165, 1.54) is 41.4 Å². The molecular weight excluding hydrogens is 622 g/mol. The van der Waals surface area contributed by atoms with E-state index in [1.54, 1.807) is 56.6 Å². The summed E-state index contributed by atoms with van der Waals surface area (Å²) in [6.07, 6.45) is -3.33.